The molecule has 0 atom stereocenters. The lowest BCUT2D eigenvalue weighted by atomic mass is 10.1. The van der Waals surface area contributed by atoms with E-state index < -0.39 is 17.5 Å². The van der Waals surface area contributed by atoms with Crippen molar-refractivity contribution < 1.29 is 28.2 Å². The monoisotopic (exact) mass is 690 g/mol. The summed E-state index contributed by atoms with van der Waals surface area (Å²) in [7, 11) is 3.22. The molecule has 3 aromatic heterocycles. The van der Waals surface area contributed by atoms with Gasteiger partial charge in [0.25, 0.3) is 0 Å². The zero-order valence-electron chi connectivity index (χ0n) is 27.1. The Morgan fingerprint density at radius 3 is 2.62 bits per heavy atom. The molecule has 3 heterocycles. The van der Waals surface area contributed by atoms with Crippen molar-refractivity contribution in [3.63, 3.8) is 0 Å². The number of hydrogen-bond donors (Lipinski definition) is 2. The van der Waals surface area contributed by atoms with Crippen LogP contribution in [0.5, 0.6) is 17.2 Å². The quantitative estimate of drug-likeness (QED) is 0.149. The minimum absolute atomic E-state index is 0.0102. The number of thiocarbonyl (C=S) groups is 1. The normalized spacial score (nSPS) is 11.2. The van der Waals surface area contributed by atoms with Crippen molar-refractivity contribution in [2.24, 2.45) is 0 Å². The van der Waals surface area contributed by atoms with Gasteiger partial charge in [0.05, 0.1) is 36.5 Å². The number of carbonyl (C=O) groups is 2. The summed E-state index contributed by atoms with van der Waals surface area (Å²) in [6, 6.07) is 15.1. The SMILES string of the molecule is COc1ccccc1CC(=O)NC(=S)Nc1ccc(Oc2ccnc3cc(-c4cnn(CCN(C)C(=O)OC(C)(C)C)c4)sc23)c(F)c1. The number of thiophene rings is 1. The van der Waals surface area contributed by atoms with E-state index in [-0.39, 0.29) is 23.2 Å². The number of benzene rings is 2. The molecule has 250 valence electrons. The van der Waals surface area contributed by atoms with E-state index in [1.54, 1.807) is 48.4 Å². The number of fused-ring (bicyclic) bond motifs is 1. The Hall–Kier alpha value is -5.08. The number of halogens is 1. The molecule has 0 spiro atoms. The molecule has 0 radical (unpaired) electrons. The molecule has 0 saturated carbocycles. The Morgan fingerprint density at radius 2 is 1.88 bits per heavy atom. The second-order valence-corrected chi connectivity index (χ2v) is 13.2. The molecule has 5 aromatic rings. The molecule has 2 amide bonds. The first-order valence-corrected chi connectivity index (χ1v) is 16.2. The van der Waals surface area contributed by atoms with Crippen molar-refractivity contribution in [2.45, 2.75) is 39.3 Å². The van der Waals surface area contributed by atoms with Gasteiger partial charge in [0.2, 0.25) is 5.91 Å². The van der Waals surface area contributed by atoms with Crippen molar-refractivity contribution in [3.05, 3.63) is 84.6 Å². The first-order valence-electron chi connectivity index (χ1n) is 14.9. The number of rotatable bonds is 10. The topological polar surface area (TPSA) is 120 Å². The minimum atomic E-state index is -0.623. The molecule has 11 nitrogen and oxygen atoms in total. The number of para-hydroxylation sites is 1. The lowest BCUT2D eigenvalue weighted by Crippen LogP contribution is -2.35. The maximum absolute atomic E-state index is 15.2. The number of nitrogens with zero attached hydrogens (tertiary/aromatic N) is 4. The molecule has 0 bridgehead atoms. The van der Waals surface area contributed by atoms with Crippen LogP contribution in [0.25, 0.3) is 20.7 Å². The fourth-order valence-electron chi connectivity index (χ4n) is 4.57. The van der Waals surface area contributed by atoms with Gasteiger partial charge in [-0.1, -0.05) is 18.2 Å². The first-order chi connectivity index (χ1) is 22.9. The van der Waals surface area contributed by atoms with Crippen LogP contribution in [0.2, 0.25) is 0 Å². The van der Waals surface area contributed by atoms with E-state index in [1.807, 2.05) is 45.2 Å². The van der Waals surface area contributed by atoms with Crippen molar-refractivity contribution in [1.82, 2.24) is 25.0 Å². The number of carbonyl (C=O) groups excluding carboxylic acids is 2. The van der Waals surface area contributed by atoms with E-state index >= 15 is 4.39 Å². The summed E-state index contributed by atoms with van der Waals surface area (Å²) in [5.74, 6) is 0.0926. The van der Waals surface area contributed by atoms with Gasteiger partial charge < -0.3 is 29.7 Å². The Bertz CT molecular complexity index is 1950. The van der Waals surface area contributed by atoms with Gasteiger partial charge in [0.15, 0.2) is 16.7 Å². The van der Waals surface area contributed by atoms with E-state index in [0.29, 0.717) is 41.4 Å². The maximum Gasteiger partial charge on any atom is 0.410 e. The van der Waals surface area contributed by atoms with Crippen molar-refractivity contribution in [1.29, 1.82) is 0 Å². The van der Waals surface area contributed by atoms with E-state index in [2.05, 4.69) is 20.7 Å². The fourth-order valence-corrected chi connectivity index (χ4v) is 5.84. The van der Waals surface area contributed by atoms with Crippen LogP contribution in [0.15, 0.2) is 73.2 Å². The third-order valence-corrected chi connectivity index (χ3v) is 8.26. The minimum Gasteiger partial charge on any atom is -0.496 e. The number of hydrogen-bond acceptors (Lipinski definition) is 9. The summed E-state index contributed by atoms with van der Waals surface area (Å²) >= 11 is 6.71. The summed E-state index contributed by atoms with van der Waals surface area (Å²) in [5.41, 5.74) is 2.05. The fraction of sp³-hybridized carbons (Fsp3) is 0.265. The molecule has 14 heteroatoms. The Kier molecular flexibility index (Phi) is 10.5. The Balaban J connectivity index is 1.20. The van der Waals surface area contributed by atoms with Crippen LogP contribution in [-0.2, 0) is 22.5 Å². The van der Waals surface area contributed by atoms with Crippen LogP contribution in [0.4, 0.5) is 14.9 Å². The van der Waals surface area contributed by atoms with Gasteiger partial charge >= 0.3 is 6.09 Å². The largest absolute Gasteiger partial charge is 0.496 e. The third-order valence-electron chi connectivity index (χ3n) is 6.87. The molecule has 0 aliphatic heterocycles. The first kappa shape index (κ1) is 34.3. The van der Waals surface area contributed by atoms with Gasteiger partial charge in [-0.25, -0.2) is 9.18 Å². The van der Waals surface area contributed by atoms with Crippen LogP contribution in [0.1, 0.15) is 26.3 Å². The second kappa shape index (κ2) is 14.8. The molecular weight excluding hydrogens is 656 g/mol. The van der Waals surface area contributed by atoms with Crippen LogP contribution in [-0.4, -0.2) is 63.1 Å². The summed E-state index contributed by atoms with van der Waals surface area (Å²) in [6.45, 7) is 6.38. The number of methoxy groups -OCH3 is 1. The van der Waals surface area contributed by atoms with Gasteiger partial charge in [-0.05, 0) is 57.3 Å². The molecule has 2 aromatic carbocycles. The highest BCUT2D eigenvalue weighted by Gasteiger charge is 2.20. The van der Waals surface area contributed by atoms with Crippen LogP contribution in [0.3, 0.4) is 0 Å². The second-order valence-electron chi connectivity index (χ2n) is 11.8. The van der Waals surface area contributed by atoms with Gasteiger partial charge in [-0.15, -0.1) is 11.3 Å². The van der Waals surface area contributed by atoms with Crippen LogP contribution < -0.4 is 20.1 Å². The zero-order chi connectivity index (χ0) is 34.4. The zero-order valence-corrected chi connectivity index (χ0v) is 28.7. The van der Waals surface area contributed by atoms with Gasteiger partial charge in [0.1, 0.15) is 17.1 Å². The van der Waals surface area contributed by atoms with Crippen LogP contribution in [0, 0.1) is 5.82 Å². The third kappa shape index (κ3) is 8.83. The van der Waals surface area contributed by atoms with Crippen molar-refractivity contribution >= 4 is 56.6 Å². The molecule has 2 N–H and O–H groups in total. The van der Waals surface area contributed by atoms with Crippen molar-refractivity contribution in [2.75, 3.05) is 26.0 Å². The molecule has 48 heavy (non-hydrogen) atoms. The van der Waals surface area contributed by atoms with Gasteiger partial charge in [0, 0.05) is 59.8 Å². The predicted octanol–water partition coefficient (Wildman–Crippen LogP) is 7.02. The van der Waals surface area contributed by atoms with Crippen LogP contribution >= 0.6 is 23.6 Å². The Morgan fingerprint density at radius 1 is 1.08 bits per heavy atom. The number of amides is 2. The lowest BCUT2D eigenvalue weighted by Gasteiger charge is -2.24. The summed E-state index contributed by atoms with van der Waals surface area (Å²) in [6.07, 6.45) is 4.91. The highest BCUT2D eigenvalue weighted by Crippen LogP contribution is 2.39. The number of anilines is 1. The highest BCUT2D eigenvalue weighted by atomic mass is 32.1. The average molecular weight is 691 g/mol. The number of likely N-dealkylation sites (N-methyl/N-ethyl adjacent to an activating group) is 1. The summed E-state index contributed by atoms with van der Waals surface area (Å²) in [4.78, 5) is 31.6. The van der Waals surface area contributed by atoms with E-state index in [4.69, 9.17) is 26.4 Å². The number of aromatic nitrogens is 3. The molecule has 0 unspecified atom stereocenters. The standard InChI is InChI=1S/C34H35FN6O5S2/c1-34(2,3)46-33(43)40(4)14-15-41-20-22(19-37-41)29-18-25-31(48-29)28(12-13-36-25)45-27-11-10-23(17-24(27)35)38-32(47)39-30(42)16-21-8-6-7-9-26(21)44-5/h6-13,17-20H,14-16H2,1-5H3,(H2,38,39,42,47). The van der Waals surface area contributed by atoms with Crippen molar-refractivity contribution in [3.8, 4) is 27.7 Å². The summed E-state index contributed by atoms with van der Waals surface area (Å²) in [5, 5.41) is 9.91. The number of ether oxygens (including phenoxy) is 3. The van der Waals surface area contributed by atoms with Gasteiger partial charge in [-0.3, -0.25) is 14.5 Å². The molecule has 5 rings (SSSR count). The lowest BCUT2D eigenvalue weighted by molar-refractivity contribution is -0.119. The van der Waals surface area contributed by atoms with E-state index in [0.717, 1.165) is 15.1 Å². The molecule has 0 fully saturated rings. The maximum atomic E-state index is 15.2. The highest BCUT2D eigenvalue weighted by molar-refractivity contribution is 7.80. The van der Waals surface area contributed by atoms with E-state index in [1.165, 1.54) is 35.5 Å². The molecule has 0 aliphatic carbocycles. The number of nitrogens with one attached hydrogen (secondary N) is 2. The molecule has 0 aliphatic rings. The molecular formula is C34H35FN6O5S2. The molecule has 0 saturated heterocycles. The Labute approximate surface area is 286 Å². The smallest absolute Gasteiger partial charge is 0.410 e. The van der Waals surface area contributed by atoms with Gasteiger partial charge in [-0.2, -0.15) is 5.10 Å². The average Bonchev–Trinajstić information content (AvgIpc) is 3.68. The van der Waals surface area contributed by atoms with E-state index in [9.17, 15) is 9.59 Å². The number of pyridine rings is 1. The predicted molar refractivity (Wildman–Crippen MR) is 187 cm³/mol. The summed E-state index contributed by atoms with van der Waals surface area (Å²) < 4.78 is 34.4.